The number of carbonyl (C=O) groups excluding carboxylic acids is 1. The van der Waals surface area contributed by atoms with Gasteiger partial charge in [0.25, 0.3) is 0 Å². The van der Waals surface area contributed by atoms with Gasteiger partial charge in [0.05, 0.1) is 18.6 Å². The van der Waals surface area contributed by atoms with Crippen LogP contribution in [0.25, 0.3) is 0 Å². The van der Waals surface area contributed by atoms with E-state index in [2.05, 4.69) is 20.5 Å². The summed E-state index contributed by atoms with van der Waals surface area (Å²) in [5.41, 5.74) is 3.00. The van der Waals surface area contributed by atoms with Gasteiger partial charge in [0.2, 0.25) is 11.9 Å². The number of anilines is 4. The van der Waals surface area contributed by atoms with Crippen molar-refractivity contribution >= 4 is 29.0 Å². The second-order valence-corrected chi connectivity index (χ2v) is 9.01. The van der Waals surface area contributed by atoms with Crippen LogP contribution in [0, 0.1) is 6.92 Å². The molecule has 2 saturated heterocycles. The van der Waals surface area contributed by atoms with Crippen molar-refractivity contribution in [1.29, 1.82) is 0 Å². The van der Waals surface area contributed by atoms with E-state index in [-0.39, 0.29) is 5.91 Å². The standard InChI is InChI=1S/C27H31N5O3/c1-20-19-24(31-26(28-20)32-13-17-35-18-14-32)29-22-7-9-23(10-8-22)30-25(33)27(11-15-34-16-12-27)21-5-3-2-4-6-21/h2-10,19H,11-18H2,1H3,(H,30,33)(H,28,29,31). The van der Waals surface area contributed by atoms with E-state index in [9.17, 15) is 4.79 Å². The average Bonchev–Trinajstić information content (AvgIpc) is 2.91. The summed E-state index contributed by atoms with van der Waals surface area (Å²) in [5.74, 6) is 1.46. The Labute approximate surface area is 205 Å². The largest absolute Gasteiger partial charge is 0.381 e. The number of hydrogen-bond acceptors (Lipinski definition) is 7. The molecular formula is C27H31N5O3. The molecule has 0 unspecified atom stereocenters. The number of morpholine rings is 1. The summed E-state index contributed by atoms with van der Waals surface area (Å²) in [7, 11) is 0. The number of amides is 1. The average molecular weight is 474 g/mol. The molecule has 2 N–H and O–H groups in total. The maximum atomic E-state index is 13.5. The summed E-state index contributed by atoms with van der Waals surface area (Å²) in [4.78, 5) is 24.9. The van der Waals surface area contributed by atoms with Crippen LogP contribution in [0.15, 0.2) is 60.7 Å². The lowest BCUT2D eigenvalue weighted by Gasteiger charge is -2.36. The van der Waals surface area contributed by atoms with E-state index in [0.717, 1.165) is 41.5 Å². The highest BCUT2D eigenvalue weighted by Crippen LogP contribution is 2.36. The smallest absolute Gasteiger partial charge is 0.235 e. The Hall–Kier alpha value is -3.49. The van der Waals surface area contributed by atoms with Crippen LogP contribution in [0.3, 0.4) is 0 Å². The van der Waals surface area contributed by atoms with Crippen LogP contribution in [0.4, 0.5) is 23.1 Å². The predicted molar refractivity (Wildman–Crippen MR) is 136 cm³/mol. The van der Waals surface area contributed by atoms with E-state index in [1.807, 2.05) is 67.6 Å². The van der Waals surface area contributed by atoms with E-state index in [1.54, 1.807) is 0 Å². The van der Waals surface area contributed by atoms with Crippen LogP contribution in [0.5, 0.6) is 0 Å². The molecule has 8 nitrogen and oxygen atoms in total. The zero-order valence-electron chi connectivity index (χ0n) is 20.0. The first-order valence-corrected chi connectivity index (χ1v) is 12.1. The van der Waals surface area contributed by atoms with Gasteiger partial charge in [-0.15, -0.1) is 0 Å². The van der Waals surface area contributed by atoms with E-state index < -0.39 is 5.41 Å². The minimum Gasteiger partial charge on any atom is -0.381 e. The van der Waals surface area contributed by atoms with E-state index in [0.29, 0.717) is 45.2 Å². The Bertz CT molecular complexity index is 1140. The van der Waals surface area contributed by atoms with Crippen LogP contribution in [-0.2, 0) is 19.7 Å². The third-order valence-electron chi connectivity index (χ3n) is 6.66. The SMILES string of the molecule is Cc1cc(Nc2ccc(NC(=O)C3(c4ccccc4)CCOCC3)cc2)nc(N2CCOCC2)n1. The number of nitrogens with zero attached hydrogens (tertiary/aromatic N) is 3. The molecule has 3 heterocycles. The Morgan fingerprint density at radius 2 is 1.54 bits per heavy atom. The molecule has 1 aromatic heterocycles. The predicted octanol–water partition coefficient (Wildman–Crippen LogP) is 4.05. The van der Waals surface area contributed by atoms with Gasteiger partial charge in [-0.05, 0) is 49.6 Å². The van der Waals surface area contributed by atoms with Gasteiger partial charge in [-0.25, -0.2) is 4.98 Å². The number of nitrogens with one attached hydrogen (secondary N) is 2. The van der Waals surface area contributed by atoms with Crippen LogP contribution in [-0.4, -0.2) is 55.4 Å². The Kier molecular flexibility index (Phi) is 6.92. The fraction of sp³-hybridized carbons (Fsp3) is 0.370. The minimum atomic E-state index is -0.579. The Balaban J connectivity index is 1.29. The molecule has 0 aliphatic carbocycles. The molecule has 2 aliphatic rings. The molecule has 0 radical (unpaired) electrons. The van der Waals surface area contributed by atoms with Crippen LogP contribution >= 0.6 is 0 Å². The highest BCUT2D eigenvalue weighted by Gasteiger charge is 2.41. The fourth-order valence-corrected chi connectivity index (χ4v) is 4.68. The minimum absolute atomic E-state index is 0.00860. The molecule has 182 valence electrons. The molecule has 0 bridgehead atoms. The first-order valence-electron chi connectivity index (χ1n) is 12.1. The van der Waals surface area contributed by atoms with Gasteiger partial charge in [0, 0.05) is 49.4 Å². The van der Waals surface area contributed by atoms with Gasteiger partial charge in [-0.1, -0.05) is 30.3 Å². The third-order valence-corrected chi connectivity index (χ3v) is 6.66. The van der Waals surface area contributed by atoms with Crippen molar-refractivity contribution in [3.63, 3.8) is 0 Å². The number of aryl methyl sites for hydroxylation is 1. The van der Waals surface area contributed by atoms with Crippen molar-refractivity contribution in [3.8, 4) is 0 Å². The molecule has 35 heavy (non-hydrogen) atoms. The summed E-state index contributed by atoms with van der Waals surface area (Å²) >= 11 is 0. The number of benzene rings is 2. The number of hydrogen-bond donors (Lipinski definition) is 2. The first-order chi connectivity index (χ1) is 17.1. The summed E-state index contributed by atoms with van der Waals surface area (Å²) in [6.07, 6.45) is 1.34. The summed E-state index contributed by atoms with van der Waals surface area (Å²) in [6.45, 7) is 6.07. The lowest BCUT2D eigenvalue weighted by Crippen LogP contribution is -2.44. The van der Waals surface area contributed by atoms with Crippen LogP contribution in [0.2, 0.25) is 0 Å². The van der Waals surface area contributed by atoms with E-state index in [4.69, 9.17) is 14.5 Å². The lowest BCUT2D eigenvalue weighted by atomic mass is 9.73. The molecule has 2 fully saturated rings. The van der Waals surface area contributed by atoms with Gasteiger partial charge in [-0.2, -0.15) is 4.98 Å². The van der Waals surface area contributed by atoms with Gasteiger partial charge in [0.15, 0.2) is 0 Å². The van der Waals surface area contributed by atoms with Crippen molar-refractivity contribution in [2.45, 2.75) is 25.2 Å². The monoisotopic (exact) mass is 473 g/mol. The second kappa shape index (κ2) is 10.4. The lowest BCUT2D eigenvalue weighted by molar-refractivity contribution is -0.125. The normalized spacial score (nSPS) is 17.6. The molecule has 0 saturated carbocycles. The van der Waals surface area contributed by atoms with Gasteiger partial charge < -0.3 is 25.0 Å². The van der Waals surface area contributed by atoms with Crippen molar-refractivity contribution in [2.75, 3.05) is 55.1 Å². The molecule has 5 rings (SSSR count). The van der Waals surface area contributed by atoms with Crippen molar-refractivity contribution in [1.82, 2.24) is 9.97 Å². The molecule has 3 aromatic rings. The highest BCUT2D eigenvalue weighted by molar-refractivity contribution is 5.99. The van der Waals surface area contributed by atoms with Crippen molar-refractivity contribution in [2.24, 2.45) is 0 Å². The zero-order valence-corrected chi connectivity index (χ0v) is 20.0. The first kappa shape index (κ1) is 23.3. The fourth-order valence-electron chi connectivity index (χ4n) is 4.68. The van der Waals surface area contributed by atoms with Crippen molar-refractivity contribution in [3.05, 3.63) is 71.9 Å². The molecule has 2 aliphatic heterocycles. The summed E-state index contributed by atoms with van der Waals surface area (Å²) in [6, 6.07) is 19.7. The number of ether oxygens (including phenoxy) is 2. The highest BCUT2D eigenvalue weighted by atomic mass is 16.5. The maximum absolute atomic E-state index is 13.5. The Morgan fingerprint density at radius 1 is 0.886 bits per heavy atom. The van der Waals surface area contributed by atoms with Crippen molar-refractivity contribution < 1.29 is 14.3 Å². The third kappa shape index (κ3) is 5.28. The van der Waals surface area contributed by atoms with Gasteiger partial charge in [0.1, 0.15) is 5.82 Å². The van der Waals surface area contributed by atoms with E-state index >= 15 is 0 Å². The number of aromatic nitrogens is 2. The molecule has 2 aromatic carbocycles. The second-order valence-electron chi connectivity index (χ2n) is 9.01. The Morgan fingerprint density at radius 3 is 2.26 bits per heavy atom. The zero-order chi connectivity index (χ0) is 24.1. The number of rotatable bonds is 6. The summed E-state index contributed by atoms with van der Waals surface area (Å²) < 4.78 is 11.0. The molecular weight excluding hydrogens is 442 g/mol. The molecule has 0 spiro atoms. The van der Waals surface area contributed by atoms with Crippen LogP contribution in [0.1, 0.15) is 24.1 Å². The van der Waals surface area contributed by atoms with E-state index in [1.165, 1.54) is 0 Å². The van der Waals surface area contributed by atoms with Gasteiger partial charge in [-0.3, -0.25) is 4.79 Å². The van der Waals surface area contributed by atoms with Crippen LogP contribution < -0.4 is 15.5 Å². The molecule has 0 atom stereocenters. The number of carbonyl (C=O) groups is 1. The quantitative estimate of drug-likeness (QED) is 0.558. The summed E-state index contributed by atoms with van der Waals surface area (Å²) in [5, 5.41) is 6.50. The molecule has 8 heteroatoms. The maximum Gasteiger partial charge on any atom is 0.235 e. The topological polar surface area (TPSA) is 88.6 Å². The molecule has 1 amide bonds. The van der Waals surface area contributed by atoms with Gasteiger partial charge >= 0.3 is 0 Å².